The van der Waals surface area contributed by atoms with Crippen LogP contribution in [0.1, 0.15) is 44.0 Å². The molecule has 5 nitrogen and oxygen atoms in total. The minimum atomic E-state index is 0.561. The lowest BCUT2D eigenvalue weighted by Crippen LogP contribution is -2.15. The first kappa shape index (κ1) is 17.1. The first-order valence-corrected chi connectivity index (χ1v) is 9.58. The van der Waals surface area contributed by atoms with Crippen LogP contribution < -0.4 is 9.47 Å². The molecular weight excluding hydrogens is 322 g/mol. The molecule has 1 saturated carbocycles. The number of methoxy groups -OCH3 is 1. The molecule has 0 saturated heterocycles. The normalized spacial score (nSPS) is 15.4. The third-order valence-electron chi connectivity index (χ3n) is 4.42. The van der Waals surface area contributed by atoms with Gasteiger partial charge in [-0.05, 0) is 31.9 Å². The second kappa shape index (κ2) is 8.42. The molecule has 0 bridgehead atoms. The first-order valence-electron chi connectivity index (χ1n) is 8.59. The van der Waals surface area contributed by atoms with Crippen molar-refractivity contribution in [1.82, 2.24) is 14.8 Å². The molecular formula is C18H25N3O2S. The molecule has 24 heavy (non-hydrogen) atoms. The van der Waals surface area contributed by atoms with E-state index in [1.807, 2.05) is 24.3 Å². The number of nitrogens with zero attached hydrogens (tertiary/aromatic N) is 3. The van der Waals surface area contributed by atoms with E-state index in [-0.39, 0.29) is 0 Å². The Bertz CT molecular complexity index is 653. The Labute approximate surface area is 147 Å². The molecule has 0 radical (unpaired) electrons. The molecule has 1 aromatic carbocycles. The summed E-state index contributed by atoms with van der Waals surface area (Å²) in [4.78, 5) is 0. The van der Waals surface area contributed by atoms with Crippen LogP contribution in [-0.4, -0.2) is 34.2 Å². The largest absolute Gasteiger partial charge is 0.493 e. The molecule has 1 aliphatic rings. The highest BCUT2D eigenvalue weighted by Crippen LogP contribution is 2.32. The summed E-state index contributed by atoms with van der Waals surface area (Å²) in [5.41, 5.74) is 0. The van der Waals surface area contributed by atoms with Crippen molar-refractivity contribution in [2.24, 2.45) is 0 Å². The van der Waals surface area contributed by atoms with Crippen LogP contribution in [0.3, 0.4) is 0 Å². The van der Waals surface area contributed by atoms with Crippen molar-refractivity contribution in [3.63, 3.8) is 0 Å². The maximum absolute atomic E-state index is 5.84. The Morgan fingerprint density at radius 2 is 1.88 bits per heavy atom. The number of hydrogen-bond donors (Lipinski definition) is 0. The van der Waals surface area contributed by atoms with Gasteiger partial charge in [-0.1, -0.05) is 43.2 Å². The maximum atomic E-state index is 5.84. The number of aromatic nitrogens is 3. The zero-order valence-corrected chi connectivity index (χ0v) is 15.2. The highest BCUT2D eigenvalue weighted by Gasteiger charge is 2.21. The Morgan fingerprint density at radius 1 is 1.12 bits per heavy atom. The van der Waals surface area contributed by atoms with Gasteiger partial charge < -0.3 is 14.0 Å². The van der Waals surface area contributed by atoms with Gasteiger partial charge in [0.2, 0.25) is 0 Å². The standard InChI is InChI=1S/C18H25N3O2S/c1-14-19-20-18(21(14)15-8-4-3-5-9-15)24-13-12-23-17-11-7-6-10-16(17)22-2/h6-7,10-11,15H,3-5,8-9,12-13H2,1-2H3. The Morgan fingerprint density at radius 3 is 2.62 bits per heavy atom. The van der Waals surface area contributed by atoms with E-state index in [2.05, 4.69) is 21.7 Å². The summed E-state index contributed by atoms with van der Waals surface area (Å²) in [5, 5.41) is 9.67. The van der Waals surface area contributed by atoms with Gasteiger partial charge in [-0.3, -0.25) is 0 Å². The van der Waals surface area contributed by atoms with Gasteiger partial charge in [0.25, 0.3) is 0 Å². The second-order valence-electron chi connectivity index (χ2n) is 6.04. The highest BCUT2D eigenvalue weighted by atomic mass is 32.2. The molecule has 3 rings (SSSR count). The molecule has 0 amide bonds. The molecule has 0 atom stereocenters. The summed E-state index contributed by atoms with van der Waals surface area (Å²) in [6.07, 6.45) is 6.45. The average Bonchev–Trinajstić information content (AvgIpc) is 3.00. The fraction of sp³-hybridized carbons (Fsp3) is 0.556. The van der Waals surface area contributed by atoms with Gasteiger partial charge in [0.05, 0.1) is 13.7 Å². The summed E-state index contributed by atoms with van der Waals surface area (Å²) >= 11 is 1.72. The number of aryl methyl sites for hydroxylation is 1. The number of thioether (sulfide) groups is 1. The molecule has 0 unspecified atom stereocenters. The van der Waals surface area contributed by atoms with Crippen LogP contribution >= 0.6 is 11.8 Å². The molecule has 1 heterocycles. The van der Waals surface area contributed by atoms with E-state index in [0.29, 0.717) is 12.6 Å². The molecule has 1 aliphatic carbocycles. The number of benzene rings is 1. The highest BCUT2D eigenvalue weighted by molar-refractivity contribution is 7.99. The number of ether oxygens (including phenoxy) is 2. The van der Waals surface area contributed by atoms with Crippen molar-refractivity contribution in [2.45, 2.75) is 50.2 Å². The Balaban J connectivity index is 1.55. The van der Waals surface area contributed by atoms with E-state index >= 15 is 0 Å². The van der Waals surface area contributed by atoms with Gasteiger partial charge in [0.15, 0.2) is 16.7 Å². The van der Waals surface area contributed by atoms with Crippen molar-refractivity contribution < 1.29 is 9.47 Å². The topological polar surface area (TPSA) is 49.2 Å². The van der Waals surface area contributed by atoms with Crippen LogP contribution in [-0.2, 0) is 0 Å². The van der Waals surface area contributed by atoms with Crippen molar-refractivity contribution in [3.05, 3.63) is 30.1 Å². The smallest absolute Gasteiger partial charge is 0.191 e. The van der Waals surface area contributed by atoms with Crippen LogP contribution in [0, 0.1) is 6.92 Å². The molecule has 1 aromatic heterocycles. The van der Waals surface area contributed by atoms with Crippen LogP contribution in [0.15, 0.2) is 29.4 Å². The molecule has 6 heteroatoms. The molecule has 2 aromatic rings. The van der Waals surface area contributed by atoms with Crippen LogP contribution in [0.25, 0.3) is 0 Å². The number of para-hydroxylation sites is 2. The minimum absolute atomic E-state index is 0.561. The van der Waals surface area contributed by atoms with Gasteiger partial charge in [0.1, 0.15) is 5.82 Å². The van der Waals surface area contributed by atoms with Crippen molar-refractivity contribution in [3.8, 4) is 11.5 Å². The maximum Gasteiger partial charge on any atom is 0.191 e. The van der Waals surface area contributed by atoms with Gasteiger partial charge >= 0.3 is 0 Å². The third kappa shape index (κ3) is 4.04. The lowest BCUT2D eigenvalue weighted by atomic mass is 9.95. The molecule has 0 aliphatic heterocycles. The van der Waals surface area contributed by atoms with Crippen molar-refractivity contribution in [1.29, 1.82) is 0 Å². The zero-order valence-electron chi connectivity index (χ0n) is 14.4. The summed E-state index contributed by atoms with van der Waals surface area (Å²) in [5.74, 6) is 3.41. The second-order valence-corrected chi connectivity index (χ2v) is 7.10. The molecule has 130 valence electrons. The lowest BCUT2D eigenvalue weighted by Gasteiger charge is -2.25. The molecule has 0 spiro atoms. The van der Waals surface area contributed by atoms with Crippen LogP contribution in [0.5, 0.6) is 11.5 Å². The zero-order chi connectivity index (χ0) is 16.8. The third-order valence-corrected chi connectivity index (χ3v) is 5.32. The lowest BCUT2D eigenvalue weighted by molar-refractivity contribution is 0.313. The quantitative estimate of drug-likeness (QED) is 0.553. The fourth-order valence-corrected chi connectivity index (χ4v) is 4.10. The van der Waals surface area contributed by atoms with E-state index in [0.717, 1.165) is 28.2 Å². The summed E-state index contributed by atoms with van der Waals surface area (Å²) in [6.45, 7) is 2.67. The van der Waals surface area contributed by atoms with Crippen LogP contribution in [0.2, 0.25) is 0 Å². The van der Waals surface area contributed by atoms with Gasteiger partial charge in [-0.15, -0.1) is 10.2 Å². The Kier molecular flexibility index (Phi) is 6.01. The van der Waals surface area contributed by atoms with Gasteiger partial charge in [-0.25, -0.2) is 0 Å². The van der Waals surface area contributed by atoms with Gasteiger partial charge in [-0.2, -0.15) is 0 Å². The van der Waals surface area contributed by atoms with Gasteiger partial charge in [0, 0.05) is 11.8 Å². The van der Waals surface area contributed by atoms with E-state index in [4.69, 9.17) is 9.47 Å². The monoisotopic (exact) mass is 347 g/mol. The average molecular weight is 347 g/mol. The SMILES string of the molecule is COc1ccccc1OCCSc1nnc(C)n1C1CCCCC1. The predicted molar refractivity (Wildman–Crippen MR) is 96.1 cm³/mol. The Hall–Kier alpha value is -1.69. The first-order chi connectivity index (χ1) is 11.8. The summed E-state index contributed by atoms with van der Waals surface area (Å²) < 4.78 is 13.5. The molecule has 1 fully saturated rings. The number of hydrogen-bond acceptors (Lipinski definition) is 5. The van der Waals surface area contributed by atoms with Crippen LogP contribution in [0.4, 0.5) is 0 Å². The van der Waals surface area contributed by atoms with E-state index in [9.17, 15) is 0 Å². The predicted octanol–water partition coefficient (Wildman–Crippen LogP) is 4.27. The number of rotatable bonds is 7. The fourth-order valence-electron chi connectivity index (χ4n) is 3.23. The van der Waals surface area contributed by atoms with E-state index in [1.54, 1.807) is 18.9 Å². The molecule has 0 N–H and O–H groups in total. The summed E-state index contributed by atoms with van der Waals surface area (Å²) in [7, 11) is 1.66. The van der Waals surface area contributed by atoms with Crippen molar-refractivity contribution >= 4 is 11.8 Å². The minimum Gasteiger partial charge on any atom is -0.493 e. The van der Waals surface area contributed by atoms with E-state index in [1.165, 1.54) is 32.1 Å². The van der Waals surface area contributed by atoms with Crippen molar-refractivity contribution in [2.75, 3.05) is 19.5 Å². The van der Waals surface area contributed by atoms with E-state index < -0.39 is 0 Å². The summed E-state index contributed by atoms with van der Waals surface area (Å²) in [6, 6.07) is 8.29.